The van der Waals surface area contributed by atoms with Crippen molar-refractivity contribution in [2.75, 3.05) is 42.2 Å². The van der Waals surface area contributed by atoms with Gasteiger partial charge in [-0.3, -0.25) is 0 Å². The molecule has 1 aliphatic rings. The average molecular weight is 250 g/mol. The molecule has 0 amide bonds. The van der Waals surface area contributed by atoms with Crippen LogP contribution in [0.15, 0.2) is 0 Å². The number of methoxy groups -OCH3 is 5. The summed E-state index contributed by atoms with van der Waals surface area (Å²) in [4.78, 5) is 0. The van der Waals surface area contributed by atoms with Crippen molar-refractivity contribution >= 4 is 0 Å². The SMILES string of the molecule is COC[C@H](OC)[C@@H]1O[C@H](OC)[C@@H](OC)[C@H]1OC. The van der Waals surface area contributed by atoms with Crippen LogP contribution < -0.4 is 0 Å². The van der Waals surface area contributed by atoms with E-state index in [1.807, 2.05) is 0 Å². The van der Waals surface area contributed by atoms with Gasteiger partial charge in [-0.1, -0.05) is 0 Å². The zero-order chi connectivity index (χ0) is 12.8. The maximum Gasteiger partial charge on any atom is 0.186 e. The maximum absolute atomic E-state index is 5.75. The van der Waals surface area contributed by atoms with E-state index in [1.54, 1.807) is 35.5 Å². The molecule has 1 aliphatic heterocycles. The van der Waals surface area contributed by atoms with Crippen molar-refractivity contribution in [3.63, 3.8) is 0 Å². The van der Waals surface area contributed by atoms with Gasteiger partial charge in [-0.2, -0.15) is 0 Å². The molecule has 0 aromatic rings. The molecule has 1 heterocycles. The molecule has 0 bridgehead atoms. The Bertz CT molecular complexity index is 212. The molecule has 6 heteroatoms. The zero-order valence-electron chi connectivity index (χ0n) is 11.0. The number of hydrogen-bond acceptors (Lipinski definition) is 6. The van der Waals surface area contributed by atoms with Gasteiger partial charge >= 0.3 is 0 Å². The van der Waals surface area contributed by atoms with E-state index in [0.717, 1.165) is 0 Å². The Hall–Kier alpha value is -0.240. The highest BCUT2D eigenvalue weighted by Gasteiger charge is 2.49. The first-order valence-electron chi connectivity index (χ1n) is 5.49. The average Bonchev–Trinajstić information content (AvgIpc) is 2.73. The van der Waals surface area contributed by atoms with Crippen molar-refractivity contribution in [3.05, 3.63) is 0 Å². The summed E-state index contributed by atoms with van der Waals surface area (Å²) in [7, 11) is 8.02. The third-order valence-corrected chi connectivity index (χ3v) is 2.98. The quantitative estimate of drug-likeness (QED) is 0.636. The largest absolute Gasteiger partial charge is 0.382 e. The summed E-state index contributed by atoms with van der Waals surface area (Å²) >= 11 is 0. The molecule has 1 saturated heterocycles. The molecule has 0 N–H and O–H groups in total. The van der Waals surface area contributed by atoms with Gasteiger partial charge in [0.1, 0.15) is 24.4 Å². The maximum atomic E-state index is 5.75. The Morgan fingerprint density at radius 1 is 0.941 bits per heavy atom. The van der Waals surface area contributed by atoms with Gasteiger partial charge in [0, 0.05) is 35.5 Å². The number of hydrogen-bond donors (Lipinski definition) is 0. The van der Waals surface area contributed by atoms with Crippen molar-refractivity contribution in [1.29, 1.82) is 0 Å². The molecule has 0 aromatic heterocycles. The molecule has 0 spiro atoms. The van der Waals surface area contributed by atoms with Gasteiger partial charge in [0.05, 0.1) is 6.61 Å². The molecule has 1 rings (SSSR count). The lowest BCUT2D eigenvalue weighted by molar-refractivity contribution is -0.175. The van der Waals surface area contributed by atoms with E-state index in [-0.39, 0.29) is 24.4 Å². The summed E-state index contributed by atoms with van der Waals surface area (Å²) in [6.07, 6.45) is -1.47. The van der Waals surface area contributed by atoms with Crippen molar-refractivity contribution in [3.8, 4) is 0 Å². The third kappa shape index (κ3) is 3.15. The Morgan fingerprint density at radius 2 is 1.59 bits per heavy atom. The second-order valence-electron chi connectivity index (χ2n) is 3.83. The predicted octanol–water partition coefficient (Wildman–Crippen LogP) is 0.0491. The molecule has 0 unspecified atom stereocenters. The van der Waals surface area contributed by atoms with Crippen molar-refractivity contribution in [2.45, 2.75) is 30.7 Å². The summed E-state index contributed by atoms with van der Waals surface area (Å²) in [6, 6.07) is 0. The van der Waals surface area contributed by atoms with Gasteiger partial charge in [0.15, 0.2) is 6.29 Å². The van der Waals surface area contributed by atoms with E-state index in [2.05, 4.69) is 0 Å². The van der Waals surface area contributed by atoms with Crippen LogP contribution in [0, 0.1) is 0 Å². The number of rotatable bonds is 7. The normalized spacial score (nSPS) is 35.1. The molecule has 0 radical (unpaired) electrons. The number of ether oxygens (including phenoxy) is 6. The van der Waals surface area contributed by atoms with Crippen LogP contribution >= 0.6 is 0 Å². The lowest BCUT2D eigenvalue weighted by Crippen LogP contribution is -2.43. The fraction of sp³-hybridized carbons (Fsp3) is 1.00. The zero-order valence-corrected chi connectivity index (χ0v) is 11.0. The molecule has 102 valence electrons. The first-order chi connectivity index (χ1) is 8.23. The van der Waals surface area contributed by atoms with Gasteiger partial charge in [0.25, 0.3) is 0 Å². The molecule has 0 saturated carbocycles. The fourth-order valence-corrected chi connectivity index (χ4v) is 2.12. The summed E-state index contributed by atoms with van der Waals surface area (Å²) in [5.41, 5.74) is 0. The van der Waals surface area contributed by atoms with Crippen LogP contribution in [0.2, 0.25) is 0 Å². The van der Waals surface area contributed by atoms with Gasteiger partial charge in [-0.25, -0.2) is 0 Å². The topological polar surface area (TPSA) is 55.4 Å². The van der Waals surface area contributed by atoms with E-state index >= 15 is 0 Å². The van der Waals surface area contributed by atoms with Gasteiger partial charge in [-0.15, -0.1) is 0 Å². The molecule has 5 atom stereocenters. The van der Waals surface area contributed by atoms with Crippen LogP contribution in [-0.2, 0) is 28.4 Å². The molecule has 1 fully saturated rings. The van der Waals surface area contributed by atoms with Crippen molar-refractivity contribution in [2.24, 2.45) is 0 Å². The van der Waals surface area contributed by atoms with E-state index < -0.39 is 6.29 Å². The molecule has 0 aromatic carbocycles. The Kier molecular flexibility index (Phi) is 6.32. The summed E-state index contributed by atoms with van der Waals surface area (Å²) in [5, 5.41) is 0. The highest BCUT2D eigenvalue weighted by Crippen LogP contribution is 2.29. The van der Waals surface area contributed by atoms with Crippen LogP contribution in [0.25, 0.3) is 0 Å². The third-order valence-electron chi connectivity index (χ3n) is 2.98. The highest BCUT2D eigenvalue weighted by molar-refractivity contribution is 4.93. The fourth-order valence-electron chi connectivity index (χ4n) is 2.12. The van der Waals surface area contributed by atoms with Crippen LogP contribution in [0.3, 0.4) is 0 Å². The summed E-state index contributed by atoms with van der Waals surface area (Å²) in [5.74, 6) is 0. The first kappa shape index (κ1) is 14.8. The lowest BCUT2D eigenvalue weighted by Gasteiger charge is -2.26. The molecular weight excluding hydrogens is 228 g/mol. The summed E-state index contributed by atoms with van der Waals surface area (Å²) < 4.78 is 32.2. The van der Waals surface area contributed by atoms with Crippen LogP contribution in [0.4, 0.5) is 0 Å². The van der Waals surface area contributed by atoms with Gasteiger partial charge in [0.2, 0.25) is 0 Å². The molecular formula is C11H22O6. The Morgan fingerprint density at radius 3 is 2.00 bits per heavy atom. The van der Waals surface area contributed by atoms with E-state index in [4.69, 9.17) is 28.4 Å². The van der Waals surface area contributed by atoms with Crippen LogP contribution in [-0.4, -0.2) is 72.9 Å². The Labute approximate surface area is 102 Å². The molecule has 0 aliphatic carbocycles. The van der Waals surface area contributed by atoms with Crippen molar-refractivity contribution in [1.82, 2.24) is 0 Å². The minimum absolute atomic E-state index is 0.220. The second-order valence-corrected chi connectivity index (χ2v) is 3.83. The van der Waals surface area contributed by atoms with E-state index in [1.165, 1.54) is 0 Å². The minimum Gasteiger partial charge on any atom is -0.382 e. The van der Waals surface area contributed by atoms with Gasteiger partial charge in [-0.05, 0) is 0 Å². The second kappa shape index (κ2) is 7.25. The van der Waals surface area contributed by atoms with Crippen molar-refractivity contribution < 1.29 is 28.4 Å². The van der Waals surface area contributed by atoms with E-state index in [0.29, 0.717) is 6.61 Å². The lowest BCUT2D eigenvalue weighted by atomic mass is 10.1. The monoisotopic (exact) mass is 250 g/mol. The Balaban J connectivity index is 2.76. The summed E-state index contributed by atoms with van der Waals surface area (Å²) in [6.45, 7) is 0.424. The first-order valence-corrected chi connectivity index (χ1v) is 5.49. The highest BCUT2D eigenvalue weighted by atomic mass is 16.7. The smallest absolute Gasteiger partial charge is 0.186 e. The van der Waals surface area contributed by atoms with E-state index in [9.17, 15) is 0 Å². The van der Waals surface area contributed by atoms with Crippen LogP contribution in [0.5, 0.6) is 0 Å². The standard InChI is InChI=1S/C11H22O6/c1-12-6-7(13-2)8-9(14-3)10(15-4)11(16-5)17-8/h7-11H,6H2,1-5H3/t7-,8-,9-,10-,11-/m0/s1. The molecule has 6 nitrogen and oxygen atoms in total. The predicted molar refractivity (Wildman–Crippen MR) is 59.9 cm³/mol. The van der Waals surface area contributed by atoms with Gasteiger partial charge < -0.3 is 28.4 Å². The molecule has 17 heavy (non-hydrogen) atoms. The van der Waals surface area contributed by atoms with Crippen LogP contribution in [0.1, 0.15) is 0 Å². The minimum atomic E-state index is -0.454.